The van der Waals surface area contributed by atoms with Crippen molar-refractivity contribution in [2.45, 2.75) is 76.6 Å². The molecule has 0 aliphatic heterocycles. The number of hydrogen-bond acceptors (Lipinski definition) is 7. The Morgan fingerprint density at radius 1 is 1.14 bits per heavy atom. The number of aliphatic hydroxyl groups excluding tert-OH is 2. The first-order valence-corrected chi connectivity index (χ1v) is 13.1. The Hall–Kier alpha value is -2.55. The highest BCUT2D eigenvalue weighted by Gasteiger charge is 2.39. The Morgan fingerprint density at radius 3 is 2.49 bits per heavy atom. The summed E-state index contributed by atoms with van der Waals surface area (Å²) in [6, 6.07) is 0. The molecule has 1 saturated carbocycles. The molecule has 208 valence electrons. The Balaban J connectivity index is 2.44. The second-order valence-corrected chi connectivity index (χ2v) is 10.6. The number of carboxylic acid groups (broad SMARTS) is 1. The molecule has 5 atom stereocenters. The molecule has 0 bridgehead atoms. The minimum atomic E-state index is -1.24. The molecule has 0 saturated heterocycles. The molecule has 1 fully saturated rings. The number of ether oxygens (including phenoxy) is 1. The third-order valence-corrected chi connectivity index (χ3v) is 6.02. The van der Waals surface area contributed by atoms with Crippen LogP contribution in [0.1, 0.15) is 58.3 Å². The van der Waals surface area contributed by atoms with E-state index >= 15 is 0 Å². The third kappa shape index (κ3) is 14.7. The van der Waals surface area contributed by atoms with Crippen LogP contribution in [0.3, 0.4) is 0 Å². The van der Waals surface area contributed by atoms with Gasteiger partial charge in [0.1, 0.15) is 12.3 Å². The fourth-order valence-corrected chi connectivity index (χ4v) is 4.28. The van der Waals surface area contributed by atoms with Crippen LogP contribution in [0.5, 0.6) is 0 Å². The summed E-state index contributed by atoms with van der Waals surface area (Å²) in [5.74, 6) is -2.26. The van der Waals surface area contributed by atoms with Crippen molar-refractivity contribution in [2.75, 3.05) is 27.7 Å². The average molecular weight is 520 g/mol. The van der Waals surface area contributed by atoms with Gasteiger partial charge in [0, 0.05) is 37.1 Å². The van der Waals surface area contributed by atoms with E-state index in [0.717, 1.165) is 6.42 Å². The van der Waals surface area contributed by atoms with Gasteiger partial charge in [0.05, 0.1) is 33.4 Å². The van der Waals surface area contributed by atoms with Gasteiger partial charge >= 0.3 is 5.97 Å². The molecule has 8 nitrogen and oxygen atoms in total. The summed E-state index contributed by atoms with van der Waals surface area (Å²) in [5.41, 5.74) is 0. The van der Waals surface area contributed by atoms with E-state index in [1.54, 1.807) is 12.2 Å². The van der Waals surface area contributed by atoms with Crippen LogP contribution in [0, 0.1) is 11.8 Å². The second kappa shape index (κ2) is 17.1. The van der Waals surface area contributed by atoms with Crippen LogP contribution in [0.25, 0.3) is 0 Å². The van der Waals surface area contributed by atoms with Gasteiger partial charge in [-0.3, -0.25) is 9.59 Å². The number of ketones is 1. The van der Waals surface area contributed by atoms with Crippen molar-refractivity contribution in [3.05, 3.63) is 48.6 Å². The highest BCUT2D eigenvalue weighted by molar-refractivity contribution is 5.84. The number of esters is 1. The minimum Gasteiger partial charge on any atom is -0.550 e. The predicted molar refractivity (Wildman–Crippen MR) is 141 cm³/mol. The lowest BCUT2D eigenvalue weighted by molar-refractivity contribution is -0.873. The van der Waals surface area contributed by atoms with Gasteiger partial charge < -0.3 is 29.3 Å². The summed E-state index contributed by atoms with van der Waals surface area (Å²) >= 11 is 0. The summed E-state index contributed by atoms with van der Waals surface area (Å²) in [7, 11) is 5.68. The van der Waals surface area contributed by atoms with Crippen LogP contribution in [-0.2, 0) is 19.1 Å². The molecule has 1 aliphatic carbocycles. The van der Waals surface area contributed by atoms with Gasteiger partial charge in [0.2, 0.25) is 0 Å². The maximum atomic E-state index is 12.3. The maximum absolute atomic E-state index is 12.3. The Labute approximate surface area is 221 Å². The Bertz CT molecular complexity index is 838. The number of quaternary nitrogens is 1. The normalized spacial score (nSPS) is 22.5. The van der Waals surface area contributed by atoms with E-state index in [1.807, 2.05) is 64.5 Å². The number of hydrogen-bond donors (Lipinski definition) is 2. The summed E-state index contributed by atoms with van der Waals surface area (Å²) in [6.07, 6.45) is 15.9. The zero-order valence-corrected chi connectivity index (χ0v) is 22.8. The number of carbonyl (C=O) groups is 3. The number of carbonyl (C=O) groups excluding carboxylic acids is 3. The molecule has 0 amide bonds. The molecule has 5 unspecified atom stereocenters. The largest absolute Gasteiger partial charge is 0.550 e. The molecule has 2 N–H and O–H groups in total. The molecule has 0 radical (unpaired) electrons. The Morgan fingerprint density at radius 2 is 1.84 bits per heavy atom. The zero-order chi connectivity index (χ0) is 27.8. The summed E-state index contributed by atoms with van der Waals surface area (Å²) < 4.78 is 5.80. The van der Waals surface area contributed by atoms with Crippen molar-refractivity contribution >= 4 is 17.7 Å². The molecule has 0 aromatic carbocycles. The second-order valence-electron chi connectivity index (χ2n) is 10.6. The minimum absolute atomic E-state index is 0.0310. The van der Waals surface area contributed by atoms with Gasteiger partial charge in [-0.25, -0.2) is 0 Å². The molecule has 0 aromatic rings. The number of aliphatic hydroxyl groups is 2. The quantitative estimate of drug-likeness (QED) is 0.172. The lowest BCUT2D eigenvalue weighted by atomic mass is 9.90. The SMILES string of the molecule is CC/C=C\CC(O)/C=C/C1C(O)CC(=O)C1C/C=C/C/C=C/CCC(=O)OC(CC(=O)[O-])C[N+](C)(C)C. The van der Waals surface area contributed by atoms with Crippen molar-refractivity contribution < 1.29 is 38.9 Å². The number of likely N-dealkylation sites (N-methyl/N-ethyl adjacent to an activating group) is 1. The number of allylic oxidation sites excluding steroid dienone is 5. The molecule has 37 heavy (non-hydrogen) atoms. The first kappa shape index (κ1) is 32.5. The smallest absolute Gasteiger partial charge is 0.306 e. The van der Waals surface area contributed by atoms with Gasteiger partial charge in [-0.1, -0.05) is 55.5 Å². The molecule has 1 aliphatic rings. The number of carboxylic acids is 1. The molecular weight excluding hydrogens is 474 g/mol. The lowest BCUT2D eigenvalue weighted by Gasteiger charge is -2.29. The van der Waals surface area contributed by atoms with Gasteiger partial charge in [-0.15, -0.1) is 0 Å². The molecule has 0 aromatic heterocycles. The highest BCUT2D eigenvalue weighted by Crippen LogP contribution is 2.33. The maximum Gasteiger partial charge on any atom is 0.306 e. The highest BCUT2D eigenvalue weighted by atomic mass is 16.5. The van der Waals surface area contributed by atoms with E-state index in [-0.39, 0.29) is 36.9 Å². The Kier molecular flexibility index (Phi) is 15.0. The van der Waals surface area contributed by atoms with E-state index in [4.69, 9.17) is 4.74 Å². The van der Waals surface area contributed by atoms with Crippen LogP contribution in [0.2, 0.25) is 0 Å². The number of aliphatic carboxylic acids is 1. The van der Waals surface area contributed by atoms with Crippen molar-refractivity contribution in [2.24, 2.45) is 11.8 Å². The van der Waals surface area contributed by atoms with Crippen molar-refractivity contribution in [3.8, 4) is 0 Å². The van der Waals surface area contributed by atoms with Crippen LogP contribution < -0.4 is 5.11 Å². The van der Waals surface area contributed by atoms with Crippen LogP contribution in [0.4, 0.5) is 0 Å². The number of nitrogens with zero attached hydrogens (tertiary/aromatic N) is 1. The van der Waals surface area contributed by atoms with Crippen molar-refractivity contribution in [3.63, 3.8) is 0 Å². The lowest BCUT2D eigenvalue weighted by Crippen LogP contribution is -2.45. The number of rotatable bonds is 17. The number of Topliss-reactive ketones (excluding diaryl/α,β-unsaturated/α-hetero) is 1. The van der Waals surface area contributed by atoms with E-state index in [1.165, 1.54) is 0 Å². The van der Waals surface area contributed by atoms with Crippen molar-refractivity contribution in [1.82, 2.24) is 0 Å². The van der Waals surface area contributed by atoms with E-state index < -0.39 is 30.3 Å². The monoisotopic (exact) mass is 519 g/mol. The fourth-order valence-electron chi connectivity index (χ4n) is 4.28. The standard InChI is InChI=1S/C29H45NO7/c1-5-6-11-14-22(31)17-18-25-24(26(32)20-27(25)33)15-12-9-7-8-10-13-16-29(36)37-23(19-28(34)35)21-30(2,3)4/h6,8-12,17-18,22-25,27,31,33H,5,7,13-16,19-21H2,1-4H3/b10-8+,11-6-,12-9+,18-17+. The van der Waals surface area contributed by atoms with E-state index in [2.05, 4.69) is 0 Å². The molecule has 0 heterocycles. The predicted octanol–water partition coefficient (Wildman–Crippen LogP) is 2.26. The van der Waals surface area contributed by atoms with Gasteiger partial charge in [-0.05, 0) is 32.1 Å². The topological polar surface area (TPSA) is 124 Å². The molecule has 1 rings (SSSR count). The summed E-state index contributed by atoms with van der Waals surface area (Å²) in [4.78, 5) is 35.3. The van der Waals surface area contributed by atoms with Crippen molar-refractivity contribution in [1.29, 1.82) is 0 Å². The van der Waals surface area contributed by atoms with Gasteiger partial charge in [0.15, 0.2) is 6.10 Å². The van der Waals surface area contributed by atoms with Crippen LogP contribution >= 0.6 is 0 Å². The molecular formula is C29H45NO7. The van der Waals surface area contributed by atoms with E-state index in [0.29, 0.717) is 36.7 Å². The summed E-state index contributed by atoms with van der Waals surface area (Å²) in [5, 5.41) is 31.3. The zero-order valence-electron chi connectivity index (χ0n) is 22.8. The first-order chi connectivity index (χ1) is 17.4. The first-order valence-electron chi connectivity index (χ1n) is 13.1. The molecule has 8 heteroatoms. The fraction of sp³-hybridized carbons (Fsp3) is 0.621. The summed E-state index contributed by atoms with van der Waals surface area (Å²) in [6.45, 7) is 2.41. The van der Waals surface area contributed by atoms with E-state index in [9.17, 15) is 29.7 Å². The average Bonchev–Trinajstić information content (AvgIpc) is 3.04. The molecule has 0 spiro atoms. The van der Waals surface area contributed by atoms with Crippen LogP contribution in [-0.4, -0.2) is 78.4 Å². The third-order valence-electron chi connectivity index (χ3n) is 6.02. The van der Waals surface area contributed by atoms with Gasteiger partial charge in [-0.2, -0.15) is 0 Å². The van der Waals surface area contributed by atoms with Crippen LogP contribution in [0.15, 0.2) is 48.6 Å². The van der Waals surface area contributed by atoms with Gasteiger partial charge in [0.25, 0.3) is 0 Å².